The maximum atomic E-state index is 9.97. The molecule has 1 fully saturated rings. The Balaban J connectivity index is 1.89. The highest BCUT2D eigenvalue weighted by atomic mass is 16.3. The number of furan rings is 1. The maximum absolute atomic E-state index is 9.97. The van der Waals surface area contributed by atoms with Crippen molar-refractivity contribution >= 4 is 16.8 Å². The van der Waals surface area contributed by atoms with Crippen molar-refractivity contribution in [3.63, 3.8) is 0 Å². The van der Waals surface area contributed by atoms with Crippen molar-refractivity contribution < 1.29 is 14.6 Å². The van der Waals surface area contributed by atoms with Gasteiger partial charge in [0.1, 0.15) is 11.4 Å². The number of β-amino-alcohol motifs (C(OH)–C–C–N with tert-alkyl or cyclic N) is 1. The van der Waals surface area contributed by atoms with Gasteiger partial charge in [0.25, 0.3) is 0 Å². The van der Waals surface area contributed by atoms with E-state index in [1.54, 1.807) is 12.5 Å². The molecule has 0 unspecified atom stereocenters. The van der Waals surface area contributed by atoms with Gasteiger partial charge in [-0.3, -0.25) is 0 Å². The van der Waals surface area contributed by atoms with Gasteiger partial charge in [-0.2, -0.15) is 0 Å². The Morgan fingerprint density at radius 1 is 1.44 bits per heavy atom. The fraction of sp³-hybridized carbons (Fsp3) is 0.462. The van der Waals surface area contributed by atoms with Crippen molar-refractivity contribution in [3.05, 3.63) is 24.6 Å². The zero-order chi connectivity index (χ0) is 12.5. The molecule has 96 valence electrons. The monoisotopic (exact) mass is 248 g/mol. The second kappa shape index (κ2) is 4.59. The molecule has 1 aliphatic rings. The van der Waals surface area contributed by atoms with Gasteiger partial charge in [-0.1, -0.05) is 0 Å². The van der Waals surface area contributed by atoms with Gasteiger partial charge in [-0.05, 0) is 18.6 Å². The van der Waals surface area contributed by atoms with Crippen LogP contribution in [0.4, 0.5) is 5.82 Å². The number of aromatic nitrogens is 1. The lowest BCUT2D eigenvalue weighted by Crippen LogP contribution is -2.45. The highest BCUT2D eigenvalue weighted by Crippen LogP contribution is 2.28. The summed E-state index contributed by atoms with van der Waals surface area (Å²) in [5.74, 6) is 0.821. The summed E-state index contributed by atoms with van der Waals surface area (Å²) >= 11 is 0. The number of anilines is 1. The van der Waals surface area contributed by atoms with E-state index in [9.17, 15) is 5.11 Å². The largest absolute Gasteiger partial charge is 0.464 e. The van der Waals surface area contributed by atoms with E-state index in [2.05, 4.69) is 9.88 Å². The van der Waals surface area contributed by atoms with Crippen LogP contribution in [0.2, 0.25) is 0 Å². The molecular formula is C13H16N2O3. The maximum Gasteiger partial charge on any atom is 0.139 e. The van der Waals surface area contributed by atoms with Crippen molar-refractivity contribution in [3.8, 4) is 0 Å². The summed E-state index contributed by atoms with van der Waals surface area (Å²) in [5, 5.41) is 20.1. The molecule has 2 aromatic rings. The van der Waals surface area contributed by atoms with E-state index in [0.717, 1.165) is 29.8 Å². The van der Waals surface area contributed by atoms with Crippen molar-refractivity contribution in [2.45, 2.75) is 12.5 Å². The van der Waals surface area contributed by atoms with Crippen LogP contribution in [-0.4, -0.2) is 41.0 Å². The highest BCUT2D eigenvalue weighted by Gasteiger charge is 2.28. The summed E-state index contributed by atoms with van der Waals surface area (Å²) in [4.78, 5) is 6.43. The second-order valence-electron chi connectivity index (χ2n) is 4.71. The lowest BCUT2D eigenvalue weighted by Gasteiger charge is -2.36. The van der Waals surface area contributed by atoms with Crippen LogP contribution in [0.5, 0.6) is 0 Å². The molecule has 3 heterocycles. The summed E-state index contributed by atoms with van der Waals surface area (Å²) in [5.41, 5.74) is 0.804. The Hall–Kier alpha value is -1.59. The van der Waals surface area contributed by atoms with Gasteiger partial charge in [-0.25, -0.2) is 4.98 Å². The molecule has 1 saturated heterocycles. The Morgan fingerprint density at radius 3 is 3.11 bits per heavy atom. The SMILES string of the molecule is OC[C@H]1CCN(c2nccc3occc23)C[C@H]1O. The molecule has 0 saturated carbocycles. The first-order valence-electron chi connectivity index (χ1n) is 6.15. The standard InChI is InChI=1S/C13H16N2O3/c16-8-9-2-5-15(7-11(9)17)13-10-3-6-18-12(10)1-4-14-13/h1,3-4,6,9,11,16-17H,2,5,7-8H2/t9-,11-/m1/s1. The molecule has 0 radical (unpaired) electrons. The molecule has 2 atom stereocenters. The minimum atomic E-state index is -0.507. The number of nitrogens with zero attached hydrogens (tertiary/aromatic N) is 2. The summed E-state index contributed by atoms with van der Waals surface area (Å²) in [6.45, 7) is 1.33. The fourth-order valence-electron chi connectivity index (χ4n) is 2.52. The van der Waals surface area contributed by atoms with Crippen molar-refractivity contribution in [1.82, 2.24) is 4.98 Å². The van der Waals surface area contributed by atoms with E-state index in [1.807, 2.05) is 12.1 Å². The smallest absolute Gasteiger partial charge is 0.139 e. The lowest BCUT2D eigenvalue weighted by molar-refractivity contribution is 0.0547. The van der Waals surface area contributed by atoms with E-state index in [0.29, 0.717) is 6.54 Å². The van der Waals surface area contributed by atoms with Crippen LogP contribution in [0.15, 0.2) is 29.0 Å². The number of hydrogen-bond donors (Lipinski definition) is 2. The molecule has 3 rings (SSSR count). The van der Waals surface area contributed by atoms with Gasteiger partial charge in [0, 0.05) is 31.8 Å². The van der Waals surface area contributed by atoms with E-state index >= 15 is 0 Å². The van der Waals surface area contributed by atoms with Gasteiger partial charge in [-0.15, -0.1) is 0 Å². The third-order valence-electron chi connectivity index (χ3n) is 3.61. The fourth-order valence-corrected chi connectivity index (χ4v) is 2.52. The van der Waals surface area contributed by atoms with Gasteiger partial charge < -0.3 is 19.5 Å². The predicted molar refractivity (Wildman–Crippen MR) is 67.4 cm³/mol. The van der Waals surface area contributed by atoms with Crippen molar-refractivity contribution in [2.75, 3.05) is 24.6 Å². The van der Waals surface area contributed by atoms with E-state index in [4.69, 9.17) is 9.52 Å². The third-order valence-corrected chi connectivity index (χ3v) is 3.61. The number of rotatable bonds is 2. The predicted octanol–water partition coefficient (Wildman–Crippen LogP) is 1.01. The van der Waals surface area contributed by atoms with Crippen LogP contribution < -0.4 is 4.90 Å². The molecule has 0 aromatic carbocycles. The van der Waals surface area contributed by atoms with Gasteiger partial charge in [0.05, 0.1) is 17.8 Å². The zero-order valence-corrected chi connectivity index (χ0v) is 9.99. The summed E-state index contributed by atoms with van der Waals surface area (Å²) in [6, 6.07) is 3.72. The van der Waals surface area contributed by atoms with Crippen LogP contribution in [0, 0.1) is 5.92 Å². The van der Waals surface area contributed by atoms with Crippen LogP contribution in [0.25, 0.3) is 11.0 Å². The van der Waals surface area contributed by atoms with Crippen LogP contribution in [0.3, 0.4) is 0 Å². The first kappa shape index (κ1) is 11.5. The van der Waals surface area contributed by atoms with Crippen LogP contribution in [-0.2, 0) is 0 Å². The Bertz CT molecular complexity index is 540. The second-order valence-corrected chi connectivity index (χ2v) is 4.71. The molecule has 2 aromatic heterocycles. The summed E-state index contributed by atoms with van der Waals surface area (Å²) in [6.07, 6.45) is 3.62. The van der Waals surface area contributed by atoms with Gasteiger partial charge in [0.15, 0.2) is 0 Å². The number of pyridine rings is 1. The van der Waals surface area contributed by atoms with Gasteiger partial charge in [0.2, 0.25) is 0 Å². The van der Waals surface area contributed by atoms with E-state index < -0.39 is 6.10 Å². The minimum Gasteiger partial charge on any atom is -0.464 e. The average Bonchev–Trinajstić information content (AvgIpc) is 2.86. The molecule has 0 amide bonds. The Kier molecular flexibility index (Phi) is 2.93. The number of aliphatic hydroxyl groups excluding tert-OH is 2. The molecular weight excluding hydrogens is 232 g/mol. The molecule has 18 heavy (non-hydrogen) atoms. The quantitative estimate of drug-likeness (QED) is 0.830. The number of piperidine rings is 1. The molecule has 0 spiro atoms. The third kappa shape index (κ3) is 1.85. The summed E-state index contributed by atoms with van der Waals surface area (Å²) in [7, 11) is 0. The molecule has 2 N–H and O–H groups in total. The van der Waals surface area contributed by atoms with E-state index in [1.165, 1.54) is 0 Å². The van der Waals surface area contributed by atoms with Crippen LogP contribution in [0.1, 0.15) is 6.42 Å². The van der Waals surface area contributed by atoms with Gasteiger partial charge >= 0.3 is 0 Å². The van der Waals surface area contributed by atoms with Crippen molar-refractivity contribution in [2.24, 2.45) is 5.92 Å². The van der Waals surface area contributed by atoms with Crippen LogP contribution >= 0.6 is 0 Å². The molecule has 0 aliphatic carbocycles. The highest BCUT2D eigenvalue weighted by molar-refractivity contribution is 5.88. The molecule has 1 aliphatic heterocycles. The lowest BCUT2D eigenvalue weighted by atomic mass is 9.94. The Labute approximate surface area is 105 Å². The average molecular weight is 248 g/mol. The van der Waals surface area contributed by atoms with E-state index in [-0.39, 0.29) is 12.5 Å². The molecule has 5 nitrogen and oxygen atoms in total. The summed E-state index contributed by atoms with van der Waals surface area (Å²) < 4.78 is 5.35. The first-order valence-corrected chi connectivity index (χ1v) is 6.15. The first-order chi connectivity index (χ1) is 8.79. The zero-order valence-electron chi connectivity index (χ0n) is 9.99. The molecule has 5 heteroatoms. The normalized spacial score (nSPS) is 24.7. The number of hydrogen-bond acceptors (Lipinski definition) is 5. The number of aliphatic hydroxyl groups is 2. The molecule has 0 bridgehead atoms. The van der Waals surface area contributed by atoms with Crippen molar-refractivity contribution in [1.29, 1.82) is 0 Å². The topological polar surface area (TPSA) is 69.7 Å². The Morgan fingerprint density at radius 2 is 2.33 bits per heavy atom. The number of fused-ring (bicyclic) bond motifs is 1. The minimum absolute atomic E-state index is 0.0233.